The second-order valence-electron chi connectivity index (χ2n) is 23.5. The van der Waals surface area contributed by atoms with Crippen LogP contribution in [0.4, 0.5) is 0 Å². The fraction of sp³-hybridized carbons (Fsp3) is 0.855. The molecule has 0 saturated carbocycles. The fourth-order valence-electron chi connectivity index (χ4n) is 10.5. The molecule has 1 fully saturated rings. The van der Waals surface area contributed by atoms with Gasteiger partial charge in [-0.3, -0.25) is 14.4 Å². The Kier molecular flexibility index (Phi) is 53.8. The van der Waals surface area contributed by atoms with Crippen molar-refractivity contribution in [3.8, 4) is 0 Å². The highest BCUT2D eigenvalue weighted by Crippen LogP contribution is 2.27. The molecule has 0 aliphatic carbocycles. The molecule has 0 aromatic carbocycles. The third kappa shape index (κ3) is 46.9. The minimum absolute atomic E-state index is 0.0474. The van der Waals surface area contributed by atoms with E-state index in [2.05, 4.69) is 57.2 Å². The second-order valence-corrected chi connectivity index (χ2v) is 23.5. The van der Waals surface area contributed by atoms with Gasteiger partial charge in [0, 0.05) is 19.3 Å². The predicted molar refractivity (Wildman–Crippen MR) is 331 cm³/mol. The normalized spacial score (nSPS) is 17.9. The molecule has 472 valence electrons. The van der Waals surface area contributed by atoms with Crippen molar-refractivity contribution >= 4 is 23.9 Å². The molecule has 0 amide bonds. The van der Waals surface area contributed by atoms with Gasteiger partial charge in [0.2, 0.25) is 0 Å². The van der Waals surface area contributed by atoms with Gasteiger partial charge in [-0.05, 0) is 70.6 Å². The Labute approximate surface area is 495 Å². The van der Waals surface area contributed by atoms with Gasteiger partial charge in [0.05, 0.1) is 6.61 Å². The lowest BCUT2D eigenvalue weighted by Gasteiger charge is -2.40. The van der Waals surface area contributed by atoms with Gasteiger partial charge in [0.1, 0.15) is 18.8 Å². The van der Waals surface area contributed by atoms with Crippen molar-refractivity contribution in [2.24, 2.45) is 0 Å². The summed E-state index contributed by atoms with van der Waals surface area (Å²) in [5.74, 6) is -3.10. The van der Waals surface area contributed by atoms with E-state index in [-0.39, 0.29) is 25.9 Å². The average Bonchev–Trinajstić information content (AvgIpc) is 3.54. The van der Waals surface area contributed by atoms with Gasteiger partial charge < -0.3 is 39.0 Å². The van der Waals surface area contributed by atoms with Crippen LogP contribution >= 0.6 is 0 Å². The lowest BCUT2D eigenvalue weighted by Crippen LogP contribution is -2.61. The van der Waals surface area contributed by atoms with Gasteiger partial charge in [0.25, 0.3) is 0 Å². The third-order valence-electron chi connectivity index (χ3n) is 15.7. The lowest BCUT2D eigenvalue weighted by atomic mass is 9.98. The van der Waals surface area contributed by atoms with E-state index in [0.717, 1.165) is 89.9 Å². The summed E-state index contributed by atoms with van der Waals surface area (Å²) in [5, 5.41) is 31.6. The summed E-state index contributed by atoms with van der Waals surface area (Å²) in [4.78, 5) is 51.4. The van der Waals surface area contributed by atoms with Crippen molar-refractivity contribution in [1.82, 2.24) is 0 Å². The van der Waals surface area contributed by atoms with Gasteiger partial charge in [-0.15, -0.1) is 0 Å². The van der Waals surface area contributed by atoms with Gasteiger partial charge in [-0.2, -0.15) is 0 Å². The highest BCUT2D eigenvalue weighted by molar-refractivity contribution is 5.74. The van der Waals surface area contributed by atoms with Gasteiger partial charge in [-0.25, -0.2) is 4.79 Å². The molecule has 0 aromatic heterocycles. The van der Waals surface area contributed by atoms with Crippen LogP contribution in [0.2, 0.25) is 0 Å². The van der Waals surface area contributed by atoms with Crippen molar-refractivity contribution in [3.63, 3.8) is 0 Å². The molecule has 81 heavy (non-hydrogen) atoms. The Balaban J connectivity index is 2.62. The lowest BCUT2D eigenvalue weighted by molar-refractivity contribution is -0.301. The Hall–Kier alpha value is -3.06. The van der Waals surface area contributed by atoms with Crippen LogP contribution in [0, 0.1) is 0 Å². The molecule has 0 spiro atoms. The molecule has 1 aliphatic rings. The van der Waals surface area contributed by atoms with E-state index in [9.17, 15) is 34.5 Å². The molecule has 12 heteroatoms. The fourth-order valence-corrected chi connectivity index (χ4v) is 10.5. The molecular weight excluding hydrogens is 1020 g/mol. The van der Waals surface area contributed by atoms with Gasteiger partial charge >= 0.3 is 23.9 Å². The monoisotopic (exact) mass is 1140 g/mol. The first-order valence-electron chi connectivity index (χ1n) is 34.0. The number of aliphatic hydroxyl groups is 2. The topological polar surface area (TPSA) is 175 Å². The van der Waals surface area contributed by atoms with Crippen molar-refractivity contribution in [3.05, 3.63) is 36.5 Å². The number of hydrogen-bond acceptors (Lipinski definition) is 11. The number of ether oxygens (including phenoxy) is 5. The first kappa shape index (κ1) is 76.0. The van der Waals surface area contributed by atoms with Crippen LogP contribution in [-0.2, 0) is 42.9 Å². The Morgan fingerprint density at radius 2 is 0.765 bits per heavy atom. The maximum atomic E-state index is 13.2. The van der Waals surface area contributed by atoms with Crippen LogP contribution in [0.5, 0.6) is 0 Å². The Morgan fingerprint density at radius 1 is 0.407 bits per heavy atom. The molecule has 1 saturated heterocycles. The van der Waals surface area contributed by atoms with Crippen molar-refractivity contribution in [1.29, 1.82) is 0 Å². The smallest absolute Gasteiger partial charge is 0.335 e. The van der Waals surface area contributed by atoms with Crippen LogP contribution in [0.1, 0.15) is 329 Å². The van der Waals surface area contributed by atoms with E-state index < -0.39 is 67.3 Å². The summed E-state index contributed by atoms with van der Waals surface area (Å²) < 4.78 is 28.6. The highest BCUT2D eigenvalue weighted by atomic mass is 16.7. The number of carboxylic acid groups (broad SMARTS) is 1. The maximum Gasteiger partial charge on any atom is 0.335 e. The number of allylic oxidation sites excluding steroid dienone is 6. The summed E-state index contributed by atoms with van der Waals surface area (Å²) in [5.41, 5.74) is 0. The first-order chi connectivity index (χ1) is 39.6. The van der Waals surface area contributed by atoms with Crippen LogP contribution in [-0.4, -0.2) is 89.2 Å². The van der Waals surface area contributed by atoms with Crippen LogP contribution in [0.25, 0.3) is 0 Å². The largest absolute Gasteiger partial charge is 0.479 e. The number of esters is 3. The molecule has 1 aliphatic heterocycles. The summed E-state index contributed by atoms with van der Waals surface area (Å²) in [6.45, 7) is 5.98. The van der Waals surface area contributed by atoms with Crippen molar-refractivity contribution in [2.45, 2.75) is 366 Å². The summed E-state index contributed by atoms with van der Waals surface area (Å²) in [6, 6.07) is 0. The van der Waals surface area contributed by atoms with Crippen LogP contribution in [0.3, 0.4) is 0 Å². The average molecular weight is 1150 g/mol. The Morgan fingerprint density at radius 3 is 1.17 bits per heavy atom. The molecule has 6 atom stereocenters. The SMILES string of the molecule is CCC/C=C\C/C=C\CCCCCCCC(=O)OC1C(OCC(COC(=O)CCCCCCCCCCC/C=C\CCCCCCCC)OC(=O)CCCCCCCCCCCCCCCCCCCCC)OC(C(=O)O)C(O)C1O. The molecular formula is C69H124O12. The van der Waals surface area contributed by atoms with Crippen molar-refractivity contribution in [2.75, 3.05) is 13.2 Å². The number of rotatable bonds is 59. The first-order valence-corrected chi connectivity index (χ1v) is 34.0. The highest BCUT2D eigenvalue weighted by Gasteiger charge is 2.50. The molecule has 0 radical (unpaired) electrons. The predicted octanol–water partition coefficient (Wildman–Crippen LogP) is 18.4. The van der Waals surface area contributed by atoms with Gasteiger partial charge in [0.15, 0.2) is 24.6 Å². The standard InChI is InChI=1S/C69H124O12/c1-4-7-10-13-16-19-22-25-27-29-31-33-35-38-40-43-46-49-52-55-61(70)77-58-60(79-62(71)56-53-50-47-44-42-39-36-34-32-30-28-26-23-20-17-14-11-8-5-2)59-78-69-67(65(74)64(73)66(81-69)68(75)76)80-63(72)57-54-51-48-45-41-37-24-21-18-15-12-9-6-3/h12,15,21,24-25,27,60,64-67,69,73-74H,4-11,13-14,16-20,22-23,26,28-59H2,1-3H3,(H,75,76)/b15-12-,24-21-,27-25-. The molecule has 12 nitrogen and oxygen atoms in total. The quantitative estimate of drug-likeness (QED) is 0.0228. The van der Waals surface area contributed by atoms with Crippen molar-refractivity contribution < 1.29 is 58.2 Å². The van der Waals surface area contributed by atoms with Crippen LogP contribution in [0.15, 0.2) is 36.5 Å². The molecule has 3 N–H and O–H groups in total. The molecule has 1 rings (SSSR count). The van der Waals surface area contributed by atoms with Gasteiger partial charge in [-0.1, -0.05) is 276 Å². The van der Waals surface area contributed by atoms with E-state index in [1.54, 1.807) is 0 Å². The maximum absolute atomic E-state index is 13.2. The molecule has 0 aromatic rings. The second kappa shape index (κ2) is 57.4. The summed E-state index contributed by atoms with van der Waals surface area (Å²) >= 11 is 0. The van der Waals surface area contributed by atoms with E-state index in [0.29, 0.717) is 19.3 Å². The van der Waals surface area contributed by atoms with E-state index >= 15 is 0 Å². The van der Waals surface area contributed by atoms with E-state index in [1.165, 1.54) is 180 Å². The number of aliphatic carboxylic acids is 1. The number of aliphatic hydroxyl groups excluding tert-OH is 2. The summed E-state index contributed by atoms with van der Waals surface area (Å²) in [7, 11) is 0. The Bertz CT molecular complexity index is 1550. The zero-order valence-corrected chi connectivity index (χ0v) is 52.3. The van der Waals surface area contributed by atoms with Crippen LogP contribution < -0.4 is 0 Å². The zero-order chi connectivity index (χ0) is 58.9. The molecule has 1 heterocycles. The molecule has 6 unspecified atom stereocenters. The zero-order valence-electron chi connectivity index (χ0n) is 52.3. The minimum Gasteiger partial charge on any atom is -0.479 e. The number of carbonyl (C=O) groups excluding carboxylic acids is 3. The number of hydrogen-bond donors (Lipinski definition) is 3. The third-order valence-corrected chi connectivity index (χ3v) is 15.7. The summed E-state index contributed by atoms with van der Waals surface area (Å²) in [6.07, 6.45) is 56.8. The molecule has 0 bridgehead atoms. The number of unbranched alkanes of at least 4 members (excludes halogenated alkanes) is 39. The number of carboxylic acids is 1. The minimum atomic E-state index is -1.91. The van der Waals surface area contributed by atoms with E-state index in [4.69, 9.17) is 23.7 Å². The number of carbonyl (C=O) groups is 4. The van der Waals surface area contributed by atoms with E-state index in [1.807, 2.05) is 0 Å².